The molecule has 1 aromatic rings. The van der Waals surface area contributed by atoms with Crippen LogP contribution in [0.2, 0.25) is 5.02 Å². The van der Waals surface area contributed by atoms with Crippen molar-refractivity contribution in [3.63, 3.8) is 0 Å². The maximum absolute atomic E-state index is 12.4. The molecule has 0 radical (unpaired) electrons. The highest BCUT2D eigenvalue weighted by atomic mass is 35.5. The number of hydrogen-bond donors (Lipinski definition) is 3. The fraction of sp³-hybridized carbons (Fsp3) is 0.462. The molecule has 4 N–H and O–H groups in total. The van der Waals surface area contributed by atoms with Crippen molar-refractivity contribution in [1.29, 1.82) is 0 Å². The molecule has 0 bridgehead atoms. The minimum Gasteiger partial charge on any atom is -0.434 e. The smallest absolute Gasteiger partial charge is 0.387 e. The molecule has 0 atom stereocenters. The van der Waals surface area contributed by atoms with Crippen molar-refractivity contribution in [1.82, 2.24) is 10.6 Å². The number of hydrogen-bond acceptors (Lipinski definition) is 4. The number of benzene rings is 1. The van der Waals surface area contributed by atoms with Gasteiger partial charge in [-0.25, -0.2) is 18.5 Å². The summed E-state index contributed by atoms with van der Waals surface area (Å²) in [5, 5.41) is 10.9. The largest absolute Gasteiger partial charge is 0.434 e. The molecule has 0 amide bonds. The van der Waals surface area contributed by atoms with E-state index in [1.54, 1.807) is 0 Å². The van der Waals surface area contributed by atoms with E-state index in [9.17, 15) is 17.2 Å². The number of halogens is 3. The van der Waals surface area contributed by atoms with E-state index in [2.05, 4.69) is 20.4 Å². The number of nitrogens with two attached hydrogens (primary N) is 1. The van der Waals surface area contributed by atoms with Crippen LogP contribution in [0.4, 0.5) is 8.78 Å². The van der Waals surface area contributed by atoms with Gasteiger partial charge in [0, 0.05) is 23.7 Å². The van der Waals surface area contributed by atoms with Crippen molar-refractivity contribution in [2.75, 3.05) is 18.8 Å². The molecule has 11 heteroatoms. The molecule has 0 aromatic heterocycles. The van der Waals surface area contributed by atoms with Crippen molar-refractivity contribution >= 4 is 27.6 Å². The number of primary sulfonamides is 1. The van der Waals surface area contributed by atoms with Crippen LogP contribution in [-0.4, -0.2) is 39.8 Å². The average molecular weight is 385 g/mol. The van der Waals surface area contributed by atoms with Crippen molar-refractivity contribution in [3.8, 4) is 5.75 Å². The Morgan fingerprint density at radius 2 is 2.12 bits per heavy atom. The molecule has 0 heterocycles. The summed E-state index contributed by atoms with van der Waals surface area (Å²) in [6.45, 7) is -0.554. The summed E-state index contributed by atoms with van der Waals surface area (Å²) < 4.78 is 51.1. The number of nitrogens with zero attached hydrogens (tertiary/aromatic N) is 1. The summed E-state index contributed by atoms with van der Waals surface area (Å²) in [6, 6.07) is 4.24. The van der Waals surface area contributed by atoms with Gasteiger partial charge >= 0.3 is 6.61 Å². The second kappa shape index (κ2) is 9.60. The highest BCUT2D eigenvalue weighted by molar-refractivity contribution is 7.89. The summed E-state index contributed by atoms with van der Waals surface area (Å²) >= 11 is 5.86. The van der Waals surface area contributed by atoms with Gasteiger partial charge in [-0.1, -0.05) is 11.6 Å². The van der Waals surface area contributed by atoms with E-state index in [4.69, 9.17) is 16.7 Å². The number of nitrogens with one attached hydrogen (secondary N) is 2. The first-order valence-electron chi connectivity index (χ1n) is 6.97. The molecule has 1 aromatic carbocycles. The van der Waals surface area contributed by atoms with Crippen LogP contribution in [0.1, 0.15) is 12.5 Å². The van der Waals surface area contributed by atoms with Gasteiger partial charge in [0.05, 0.1) is 12.3 Å². The Balaban J connectivity index is 2.83. The fourth-order valence-electron chi connectivity index (χ4n) is 1.70. The first kappa shape index (κ1) is 20.4. The van der Waals surface area contributed by atoms with Crippen LogP contribution in [-0.2, 0) is 16.6 Å². The van der Waals surface area contributed by atoms with Crippen LogP contribution in [0.15, 0.2) is 23.2 Å². The monoisotopic (exact) mass is 384 g/mol. The van der Waals surface area contributed by atoms with Crippen LogP contribution < -0.4 is 20.5 Å². The van der Waals surface area contributed by atoms with Crippen molar-refractivity contribution < 1.29 is 21.9 Å². The van der Waals surface area contributed by atoms with Crippen LogP contribution in [0.5, 0.6) is 5.75 Å². The van der Waals surface area contributed by atoms with Gasteiger partial charge in [0.25, 0.3) is 0 Å². The normalized spacial score (nSPS) is 12.3. The zero-order valence-electron chi connectivity index (χ0n) is 12.9. The minimum absolute atomic E-state index is 0.00726. The van der Waals surface area contributed by atoms with E-state index < -0.39 is 16.6 Å². The topological polar surface area (TPSA) is 106 Å². The van der Waals surface area contributed by atoms with Gasteiger partial charge in [-0.15, -0.1) is 0 Å². The standard InChI is InChI=1S/C13H19ClF2N4O3S/c1-2-18-13(19-5-6-24(17,21)22)20-8-9-7-10(14)3-4-11(9)23-12(15)16/h3-4,7,12H,2,5-6,8H2,1H3,(H2,17,21,22)(H2,18,19,20). The van der Waals surface area contributed by atoms with Gasteiger partial charge in [-0.2, -0.15) is 8.78 Å². The zero-order chi connectivity index (χ0) is 18.2. The Kier molecular flexibility index (Phi) is 8.16. The molecular formula is C13H19ClF2N4O3S. The summed E-state index contributed by atoms with van der Waals surface area (Å²) in [5.41, 5.74) is 0.367. The third-order valence-electron chi connectivity index (χ3n) is 2.67. The molecule has 0 aliphatic rings. The average Bonchev–Trinajstić information content (AvgIpc) is 2.45. The number of rotatable bonds is 8. The van der Waals surface area contributed by atoms with Gasteiger partial charge in [-0.05, 0) is 25.1 Å². The van der Waals surface area contributed by atoms with Gasteiger partial charge in [0.2, 0.25) is 10.0 Å². The van der Waals surface area contributed by atoms with Crippen molar-refractivity contribution in [3.05, 3.63) is 28.8 Å². The number of ether oxygens (including phenoxy) is 1. The van der Waals surface area contributed by atoms with Gasteiger partial charge in [-0.3, -0.25) is 0 Å². The summed E-state index contributed by atoms with van der Waals surface area (Å²) in [4.78, 5) is 4.19. The number of alkyl halides is 2. The molecule has 0 saturated heterocycles. The van der Waals surface area contributed by atoms with E-state index in [-0.39, 0.29) is 24.6 Å². The second-order valence-corrected chi connectivity index (χ2v) is 6.79. The summed E-state index contributed by atoms with van der Waals surface area (Å²) in [7, 11) is -3.59. The summed E-state index contributed by atoms with van der Waals surface area (Å²) in [6.07, 6.45) is 0. The maximum atomic E-state index is 12.4. The first-order valence-corrected chi connectivity index (χ1v) is 9.06. The second-order valence-electron chi connectivity index (χ2n) is 4.62. The number of sulfonamides is 1. The Morgan fingerprint density at radius 3 is 2.71 bits per heavy atom. The molecule has 0 aliphatic carbocycles. The molecule has 0 spiro atoms. The third-order valence-corrected chi connectivity index (χ3v) is 3.68. The van der Waals surface area contributed by atoms with E-state index in [1.165, 1.54) is 18.2 Å². The van der Waals surface area contributed by atoms with Gasteiger partial charge in [0.1, 0.15) is 5.75 Å². The number of guanidine groups is 1. The highest BCUT2D eigenvalue weighted by Crippen LogP contribution is 2.25. The predicted molar refractivity (Wildman–Crippen MR) is 88.9 cm³/mol. The first-order chi connectivity index (χ1) is 11.2. The highest BCUT2D eigenvalue weighted by Gasteiger charge is 2.10. The fourth-order valence-corrected chi connectivity index (χ4v) is 2.28. The molecule has 136 valence electrons. The van der Waals surface area contributed by atoms with Crippen molar-refractivity contribution in [2.45, 2.75) is 20.1 Å². The SMILES string of the molecule is CCNC(=NCc1cc(Cl)ccc1OC(F)F)NCCS(N)(=O)=O. The lowest BCUT2D eigenvalue weighted by Crippen LogP contribution is -2.40. The number of aliphatic imine (C=N–C) groups is 1. The molecule has 1 rings (SSSR count). The molecule has 0 aliphatic heterocycles. The van der Waals surface area contributed by atoms with E-state index in [0.717, 1.165) is 0 Å². The van der Waals surface area contributed by atoms with Gasteiger partial charge in [0.15, 0.2) is 5.96 Å². The lowest BCUT2D eigenvalue weighted by Gasteiger charge is -2.12. The van der Waals surface area contributed by atoms with Crippen LogP contribution >= 0.6 is 11.6 Å². The maximum Gasteiger partial charge on any atom is 0.387 e. The molecule has 0 unspecified atom stereocenters. The lowest BCUT2D eigenvalue weighted by molar-refractivity contribution is -0.0504. The summed E-state index contributed by atoms with van der Waals surface area (Å²) in [5.74, 6) is 0.0107. The van der Waals surface area contributed by atoms with E-state index >= 15 is 0 Å². The quantitative estimate of drug-likeness (QED) is 0.462. The van der Waals surface area contributed by atoms with Gasteiger partial charge < -0.3 is 15.4 Å². The molecule has 0 fully saturated rings. The molecule has 24 heavy (non-hydrogen) atoms. The Morgan fingerprint density at radius 1 is 1.42 bits per heavy atom. The van der Waals surface area contributed by atoms with Crippen molar-refractivity contribution in [2.24, 2.45) is 10.1 Å². The molecule has 0 saturated carbocycles. The van der Waals surface area contributed by atoms with E-state index in [1.807, 2.05) is 6.92 Å². The van der Waals surface area contributed by atoms with Crippen LogP contribution in [0.25, 0.3) is 0 Å². The Hall–Kier alpha value is -1.65. The predicted octanol–water partition coefficient (Wildman–Crippen LogP) is 1.28. The van der Waals surface area contributed by atoms with Crippen LogP contribution in [0, 0.1) is 0 Å². The third kappa shape index (κ3) is 8.27. The van der Waals surface area contributed by atoms with Crippen LogP contribution in [0.3, 0.4) is 0 Å². The minimum atomic E-state index is -3.59. The molecule has 7 nitrogen and oxygen atoms in total. The molecular weight excluding hydrogens is 366 g/mol. The van der Waals surface area contributed by atoms with E-state index in [0.29, 0.717) is 23.1 Å². The lowest BCUT2D eigenvalue weighted by atomic mass is 10.2. The zero-order valence-corrected chi connectivity index (χ0v) is 14.5. The Bertz CT molecular complexity index is 671. The Labute approximate surface area is 144 Å².